The van der Waals surface area contributed by atoms with Crippen LogP contribution in [0.2, 0.25) is 0 Å². The van der Waals surface area contributed by atoms with E-state index in [4.69, 9.17) is 0 Å². The number of hydrogen-bond donors (Lipinski definition) is 2. The van der Waals surface area contributed by atoms with Gasteiger partial charge < -0.3 is 5.32 Å². The lowest BCUT2D eigenvalue weighted by atomic mass is 10.3. The summed E-state index contributed by atoms with van der Waals surface area (Å²) < 4.78 is 27.6. The van der Waals surface area contributed by atoms with E-state index in [0.717, 1.165) is 16.3 Å². The van der Waals surface area contributed by atoms with E-state index in [9.17, 15) is 8.42 Å². The van der Waals surface area contributed by atoms with Crippen molar-refractivity contribution in [2.45, 2.75) is 38.1 Å². The number of nitrogens with one attached hydrogen (secondary N) is 2. The van der Waals surface area contributed by atoms with Crippen LogP contribution in [0.4, 0.5) is 0 Å². The molecule has 0 aliphatic rings. The fourth-order valence-electron chi connectivity index (χ4n) is 1.82. The van der Waals surface area contributed by atoms with Gasteiger partial charge in [-0.25, -0.2) is 13.1 Å². The lowest BCUT2D eigenvalue weighted by molar-refractivity contribution is 0.584. The minimum absolute atomic E-state index is 0.349. The van der Waals surface area contributed by atoms with Gasteiger partial charge in [0.25, 0.3) is 0 Å². The zero-order chi connectivity index (χ0) is 15.5. The van der Waals surface area contributed by atoms with Gasteiger partial charge in [-0.1, -0.05) is 6.92 Å². The van der Waals surface area contributed by atoms with Crippen molar-refractivity contribution < 1.29 is 8.42 Å². The van der Waals surface area contributed by atoms with Crippen molar-refractivity contribution in [3.8, 4) is 0 Å². The van der Waals surface area contributed by atoms with Gasteiger partial charge >= 0.3 is 0 Å². The third-order valence-electron chi connectivity index (χ3n) is 3.10. The molecule has 0 saturated heterocycles. The van der Waals surface area contributed by atoms with Crippen LogP contribution >= 0.6 is 22.7 Å². The average Bonchev–Trinajstić information content (AvgIpc) is 3.03. The smallest absolute Gasteiger partial charge is 0.250 e. The van der Waals surface area contributed by atoms with Crippen molar-refractivity contribution in [2.24, 2.45) is 0 Å². The molecule has 2 aromatic rings. The number of hydrogen-bond acceptors (Lipinski definition) is 5. The summed E-state index contributed by atoms with van der Waals surface area (Å²) in [6.07, 6.45) is 0. The molecule has 0 amide bonds. The van der Waals surface area contributed by atoms with E-state index >= 15 is 0 Å². The first-order valence-electron chi connectivity index (χ1n) is 6.77. The summed E-state index contributed by atoms with van der Waals surface area (Å²) in [6, 6.07) is 5.57. The lowest BCUT2D eigenvalue weighted by Gasteiger charge is -2.03. The molecule has 2 heterocycles. The van der Waals surface area contributed by atoms with Crippen LogP contribution in [0.15, 0.2) is 22.4 Å². The molecule has 2 N–H and O–H groups in total. The highest BCUT2D eigenvalue weighted by molar-refractivity contribution is 7.91. The topological polar surface area (TPSA) is 58.2 Å². The molecule has 0 bridgehead atoms. The summed E-state index contributed by atoms with van der Waals surface area (Å²) in [5, 5.41) is 3.19. The Bertz CT molecular complexity index is 682. The van der Waals surface area contributed by atoms with Crippen LogP contribution < -0.4 is 10.0 Å². The van der Waals surface area contributed by atoms with Gasteiger partial charge in [-0.3, -0.25) is 0 Å². The van der Waals surface area contributed by atoms with Gasteiger partial charge in [0.05, 0.1) is 0 Å². The summed E-state index contributed by atoms with van der Waals surface area (Å²) in [5.41, 5.74) is 1.21. The maximum absolute atomic E-state index is 12.3. The Morgan fingerprint density at radius 2 is 1.86 bits per heavy atom. The van der Waals surface area contributed by atoms with Crippen LogP contribution in [0, 0.1) is 13.8 Å². The monoisotopic (exact) mass is 344 g/mol. The van der Waals surface area contributed by atoms with Crippen LogP contribution in [0.5, 0.6) is 0 Å². The Balaban J connectivity index is 2.02. The van der Waals surface area contributed by atoms with Gasteiger partial charge in [0.15, 0.2) is 0 Å². The van der Waals surface area contributed by atoms with Crippen LogP contribution in [0.3, 0.4) is 0 Å². The highest BCUT2D eigenvalue weighted by Gasteiger charge is 2.17. The van der Waals surface area contributed by atoms with Crippen LogP contribution in [0.1, 0.15) is 27.1 Å². The molecule has 0 aliphatic carbocycles. The molecule has 116 valence electrons. The molecule has 0 saturated carbocycles. The number of rotatable bonds is 7. The molecule has 21 heavy (non-hydrogen) atoms. The van der Waals surface area contributed by atoms with Gasteiger partial charge in [0.2, 0.25) is 10.0 Å². The zero-order valence-electron chi connectivity index (χ0n) is 12.4. The van der Waals surface area contributed by atoms with Crippen molar-refractivity contribution in [3.05, 3.63) is 38.4 Å². The molecule has 0 aromatic carbocycles. The average molecular weight is 345 g/mol. The molecule has 7 heteroatoms. The molecule has 0 aliphatic heterocycles. The van der Waals surface area contributed by atoms with E-state index in [1.165, 1.54) is 21.8 Å². The maximum atomic E-state index is 12.3. The highest BCUT2D eigenvalue weighted by Crippen LogP contribution is 2.23. The second-order valence-corrected chi connectivity index (χ2v) is 9.28. The number of thiophene rings is 2. The maximum Gasteiger partial charge on any atom is 0.250 e. The fraction of sp³-hybridized carbons (Fsp3) is 0.429. The van der Waals surface area contributed by atoms with E-state index < -0.39 is 10.0 Å². The summed E-state index contributed by atoms with van der Waals surface area (Å²) in [6.45, 7) is 8.04. The molecule has 0 spiro atoms. The van der Waals surface area contributed by atoms with Crippen molar-refractivity contribution in [3.63, 3.8) is 0 Å². The normalized spacial score (nSPS) is 12.0. The van der Waals surface area contributed by atoms with E-state index in [0.29, 0.717) is 17.3 Å². The predicted octanol–water partition coefficient (Wildman–Crippen LogP) is 3.01. The molecular formula is C14H20N2O2S3. The quantitative estimate of drug-likeness (QED) is 0.812. The van der Waals surface area contributed by atoms with Gasteiger partial charge in [0.1, 0.15) is 4.21 Å². The van der Waals surface area contributed by atoms with Crippen LogP contribution in [-0.4, -0.2) is 15.0 Å². The predicted molar refractivity (Wildman–Crippen MR) is 89.5 cm³/mol. The molecule has 2 aromatic heterocycles. The molecule has 4 nitrogen and oxygen atoms in total. The Kier molecular flexibility index (Phi) is 5.56. The minimum atomic E-state index is -3.42. The van der Waals surface area contributed by atoms with Crippen LogP contribution in [0.25, 0.3) is 0 Å². The van der Waals surface area contributed by atoms with Gasteiger partial charge in [-0.15, -0.1) is 22.7 Å². The van der Waals surface area contributed by atoms with E-state index in [-0.39, 0.29) is 0 Å². The summed E-state index contributed by atoms with van der Waals surface area (Å²) >= 11 is 2.95. The molecule has 0 atom stereocenters. The molecule has 0 fully saturated rings. The van der Waals surface area contributed by atoms with Gasteiger partial charge in [0, 0.05) is 27.7 Å². The molecule has 0 unspecified atom stereocenters. The third kappa shape index (κ3) is 4.37. The second-order valence-electron chi connectivity index (χ2n) is 4.78. The Morgan fingerprint density at radius 3 is 2.48 bits per heavy atom. The lowest BCUT2D eigenvalue weighted by Crippen LogP contribution is -2.21. The largest absolute Gasteiger partial charge is 0.312 e. The second kappa shape index (κ2) is 7.02. The Morgan fingerprint density at radius 1 is 1.10 bits per heavy atom. The van der Waals surface area contributed by atoms with Crippen molar-refractivity contribution in [2.75, 3.05) is 6.54 Å². The molecular weight excluding hydrogens is 324 g/mol. The summed E-state index contributed by atoms with van der Waals surface area (Å²) in [7, 11) is -3.42. The summed E-state index contributed by atoms with van der Waals surface area (Å²) in [5.74, 6) is 0. The molecule has 2 rings (SSSR count). The van der Waals surface area contributed by atoms with E-state index in [2.05, 4.69) is 10.0 Å². The SMILES string of the molecule is CCNCc1ccc(S(=O)(=O)NCc2cc(C)c(C)s2)s1. The Labute approximate surface area is 134 Å². The van der Waals surface area contributed by atoms with Gasteiger partial charge in [-0.2, -0.15) is 0 Å². The Hall–Kier alpha value is -0.730. The van der Waals surface area contributed by atoms with Gasteiger partial charge in [-0.05, 0) is 44.2 Å². The number of aryl methyl sites for hydroxylation is 2. The van der Waals surface area contributed by atoms with Crippen LogP contribution in [-0.2, 0) is 23.1 Å². The zero-order valence-corrected chi connectivity index (χ0v) is 14.8. The fourth-order valence-corrected chi connectivity index (χ4v) is 5.28. The highest BCUT2D eigenvalue weighted by atomic mass is 32.2. The van der Waals surface area contributed by atoms with Crippen molar-refractivity contribution >= 4 is 32.7 Å². The van der Waals surface area contributed by atoms with Crippen molar-refractivity contribution in [1.29, 1.82) is 0 Å². The van der Waals surface area contributed by atoms with E-state index in [1.807, 2.05) is 32.9 Å². The summed E-state index contributed by atoms with van der Waals surface area (Å²) in [4.78, 5) is 3.30. The number of sulfonamides is 1. The first-order chi connectivity index (χ1) is 9.92. The third-order valence-corrected chi connectivity index (χ3v) is 7.24. The van der Waals surface area contributed by atoms with E-state index in [1.54, 1.807) is 17.4 Å². The molecule has 0 radical (unpaired) electrons. The minimum Gasteiger partial charge on any atom is -0.312 e. The van der Waals surface area contributed by atoms with Crippen molar-refractivity contribution in [1.82, 2.24) is 10.0 Å². The first kappa shape index (κ1) is 16.6. The first-order valence-corrected chi connectivity index (χ1v) is 9.89. The standard InChI is InChI=1S/C14H20N2O2S3/c1-4-15-8-12-5-6-14(20-12)21(17,18)16-9-13-7-10(2)11(3)19-13/h5-7,15-16H,4,8-9H2,1-3H3.